The molecule has 0 fully saturated rings. The number of ether oxygens (including phenoxy) is 1. The number of hydrogen-bond donors (Lipinski definition) is 1. The summed E-state index contributed by atoms with van der Waals surface area (Å²) in [6, 6.07) is 7.94. The van der Waals surface area contributed by atoms with Gasteiger partial charge in [-0.15, -0.1) is 0 Å². The van der Waals surface area contributed by atoms with Gasteiger partial charge in [0, 0.05) is 13.0 Å². The fraction of sp³-hybridized carbons (Fsp3) is 0.417. The minimum absolute atomic E-state index is 0.0917. The molecule has 0 heterocycles. The Balaban J connectivity index is 2.37. The van der Waals surface area contributed by atoms with Crippen LogP contribution in [-0.4, -0.2) is 25.5 Å². The molecular formula is C12H17NO2. The second-order valence-electron chi connectivity index (χ2n) is 3.55. The van der Waals surface area contributed by atoms with Crippen LogP contribution in [0.2, 0.25) is 0 Å². The molecule has 0 spiro atoms. The van der Waals surface area contributed by atoms with Crippen LogP contribution in [0.15, 0.2) is 24.3 Å². The molecule has 2 N–H and O–H groups in total. The van der Waals surface area contributed by atoms with Gasteiger partial charge in [-0.1, -0.05) is 29.8 Å². The lowest BCUT2D eigenvalue weighted by molar-refractivity contribution is -0.122. The lowest BCUT2D eigenvalue weighted by Crippen LogP contribution is -2.16. The lowest BCUT2D eigenvalue weighted by atomic mass is 10.1. The average Bonchev–Trinajstić information content (AvgIpc) is 2.18. The number of benzene rings is 1. The number of rotatable bonds is 6. The van der Waals surface area contributed by atoms with Crippen molar-refractivity contribution in [2.24, 2.45) is 5.73 Å². The number of carbonyl (C=O) groups is 1. The van der Waals surface area contributed by atoms with E-state index in [2.05, 4.69) is 0 Å². The smallest absolute Gasteiger partial charge is 0.162 e. The first kappa shape index (κ1) is 11.9. The molecule has 0 amide bonds. The fourth-order valence-electron chi connectivity index (χ4n) is 1.37. The van der Waals surface area contributed by atoms with E-state index < -0.39 is 0 Å². The molecular weight excluding hydrogens is 190 g/mol. The summed E-state index contributed by atoms with van der Waals surface area (Å²) in [4.78, 5) is 11.4. The average molecular weight is 207 g/mol. The Hall–Kier alpha value is -1.19. The van der Waals surface area contributed by atoms with E-state index in [1.165, 1.54) is 5.56 Å². The van der Waals surface area contributed by atoms with Gasteiger partial charge in [0.15, 0.2) is 5.78 Å². The molecule has 1 aromatic rings. The Morgan fingerprint density at radius 3 is 2.93 bits per heavy atom. The predicted octanol–water partition coefficient (Wildman–Crippen LogP) is 1.08. The van der Waals surface area contributed by atoms with E-state index in [-0.39, 0.29) is 12.4 Å². The maximum Gasteiger partial charge on any atom is 0.162 e. The van der Waals surface area contributed by atoms with Crippen LogP contribution in [0.3, 0.4) is 0 Å². The molecule has 0 aliphatic rings. The standard InChI is InChI=1S/C12H17NO2/c1-10-3-2-4-11(7-10)8-12(14)9-15-6-5-13/h2-4,7H,5-6,8-9,13H2,1H3. The molecule has 3 heteroatoms. The molecule has 1 aromatic carbocycles. The first-order valence-electron chi connectivity index (χ1n) is 5.07. The summed E-state index contributed by atoms with van der Waals surface area (Å²) in [5.41, 5.74) is 7.46. The third-order valence-electron chi connectivity index (χ3n) is 2.01. The first-order chi connectivity index (χ1) is 7.22. The van der Waals surface area contributed by atoms with Gasteiger partial charge in [0.05, 0.1) is 6.61 Å². The monoisotopic (exact) mass is 207 g/mol. The van der Waals surface area contributed by atoms with Crippen LogP contribution in [0.4, 0.5) is 0 Å². The van der Waals surface area contributed by atoms with Crippen molar-refractivity contribution in [2.75, 3.05) is 19.8 Å². The van der Waals surface area contributed by atoms with Crippen molar-refractivity contribution >= 4 is 5.78 Å². The number of aryl methyl sites for hydroxylation is 1. The van der Waals surface area contributed by atoms with E-state index in [4.69, 9.17) is 10.5 Å². The molecule has 0 aromatic heterocycles. The van der Waals surface area contributed by atoms with Crippen LogP contribution in [0, 0.1) is 6.92 Å². The molecule has 3 nitrogen and oxygen atoms in total. The summed E-state index contributed by atoms with van der Waals surface area (Å²) in [6.45, 7) is 3.07. The van der Waals surface area contributed by atoms with Gasteiger partial charge >= 0.3 is 0 Å². The van der Waals surface area contributed by atoms with E-state index in [9.17, 15) is 4.79 Å². The van der Waals surface area contributed by atoms with Crippen LogP contribution in [-0.2, 0) is 16.0 Å². The second-order valence-corrected chi connectivity index (χ2v) is 3.55. The second kappa shape index (κ2) is 6.32. The molecule has 0 unspecified atom stereocenters. The minimum Gasteiger partial charge on any atom is -0.372 e. The van der Waals surface area contributed by atoms with Crippen LogP contribution in [0.5, 0.6) is 0 Å². The zero-order valence-corrected chi connectivity index (χ0v) is 9.03. The molecule has 0 radical (unpaired) electrons. The zero-order valence-electron chi connectivity index (χ0n) is 9.03. The highest BCUT2D eigenvalue weighted by Gasteiger charge is 2.03. The van der Waals surface area contributed by atoms with Crippen LogP contribution in [0.25, 0.3) is 0 Å². The number of Topliss-reactive ketones (excluding diaryl/α,β-unsaturated/α-hetero) is 1. The molecule has 0 aliphatic carbocycles. The van der Waals surface area contributed by atoms with Gasteiger partial charge in [0.25, 0.3) is 0 Å². The van der Waals surface area contributed by atoms with E-state index >= 15 is 0 Å². The molecule has 0 bridgehead atoms. The molecule has 0 saturated carbocycles. The van der Waals surface area contributed by atoms with Crippen LogP contribution >= 0.6 is 0 Å². The normalized spacial score (nSPS) is 10.3. The summed E-state index contributed by atoms with van der Waals surface area (Å²) in [7, 11) is 0. The van der Waals surface area contributed by atoms with Crippen molar-refractivity contribution < 1.29 is 9.53 Å². The van der Waals surface area contributed by atoms with Gasteiger partial charge < -0.3 is 10.5 Å². The zero-order chi connectivity index (χ0) is 11.1. The summed E-state index contributed by atoms with van der Waals surface area (Å²) >= 11 is 0. The van der Waals surface area contributed by atoms with Crippen molar-refractivity contribution in [1.82, 2.24) is 0 Å². The van der Waals surface area contributed by atoms with E-state index in [1.807, 2.05) is 31.2 Å². The van der Waals surface area contributed by atoms with Crippen molar-refractivity contribution in [1.29, 1.82) is 0 Å². The van der Waals surface area contributed by atoms with Crippen molar-refractivity contribution in [3.63, 3.8) is 0 Å². The van der Waals surface area contributed by atoms with E-state index in [0.717, 1.165) is 5.56 Å². The third kappa shape index (κ3) is 4.72. The van der Waals surface area contributed by atoms with Crippen molar-refractivity contribution in [3.8, 4) is 0 Å². The molecule has 82 valence electrons. The van der Waals surface area contributed by atoms with Gasteiger partial charge in [-0.25, -0.2) is 0 Å². The number of carbonyl (C=O) groups excluding carboxylic acids is 1. The highest BCUT2D eigenvalue weighted by Crippen LogP contribution is 2.05. The van der Waals surface area contributed by atoms with Crippen LogP contribution in [0.1, 0.15) is 11.1 Å². The summed E-state index contributed by atoms with van der Waals surface area (Å²) < 4.78 is 5.07. The highest BCUT2D eigenvalue weighted by molar-refractivity contribution is 5.82. The van der Waals surface area contributed by atoms with Gasteiger partial charge in [0.1, 0.15) is 6.61 Å². The van der Waals surface area contributed by atoms with Gasteiger partial charge in [-0.2, -0.15) is 0 Å². The molecule has 1 rings (SSSR count). The molecule has 0 aliphatic heterocycles. The maximum absolute atomic E-state index is 11.4. The van der Waals surface area contributed by atoms with Crippen molar-refractivity contribution in [3.05, 3.63) is 35.4 Å². The SMILES string of the molecule is Cc1cccc(CC(=O)COCCN)c1. The number of ketones is 1. The molecule has 0 atom stereocenters. The Bertz CT molecular complexity index is 323. The highest BCUT2D eigenvalue weighted by atomic mass is 16.5. The summed E-state index contributed by atoms with van der Waals surface area (Å²) in [5, 5.41) is 0. The predicted molar refractivity (Wildman–Crippen MR) is 59.8 cm³/mol. The summed E-state index contributed by atoms with van der Waals surface area (Å²) in [6.07, 6.45) is 0.437. The Kier molecular flexibility index (Phi) is 5.01. The Morgan fingerprint density at radius 1 is 1.47 bits per heavy atom. The van der Waals surface area contributed by atoms with E-state index in [0.29, 0.717) is 19.6 Å². The van der Waals surface area contributed by atoms with E-state index in [1.54, 1.807) is 0 Å². The topological polar surface area (TPSA) is 52.3 Å². The maximum atomic E-state index is 11.4. The van der Waals surface area contributed by atoms with Gasteiger partial charge in [0.2, 0.25) is 0 Å². The molecule has 0 saturated heterocycles. The number of nitrogens with two attached hydrogens (primary N) is 1. The first-order valence-corrected chi connectivity index (χ1v) is 5.07. The van der Waals surface area contributed by atoms with Crippen LogP contribution < -0.4 is 5.73 Å². The van der Waals surface area contributed by atoms with Crippen molar-refractivity contribution in [2.45, 2.75) is 13.3 Å². The number of hydrogen-bond acceptors (Lipinski definition) is 3. The van der Waals surface area contributed by atoms with Gasteiger partial charge in [-0.05, 0) is 12.5 Å². The fourth-order valence-corrected chi connectivity index (χ4v) is 1.37. The quantitative estimate of drug-likeness (QED) is 0.710. The Morgan fingerprint density at radius 2 is 2.27 bits per heavy atom. The summed E-state index contributed by atoms with van der Waals surface area (Å²) in [5.74, 6) is 0.0917. The molecule has 15 heavy (non-hydrogen) atoms. The Labute approximate surface area is 90.2 Å². The third-order valence-corrected chi connectivity index (χ3v) is 2.01. The van der Waals surface area contributed by atoms with Gasteiger partial charge in [-0.3, -0.25) is 4.79 Å². The largest absolute Gasteiger partial charge is 0.372 e. The minimum atomic E-state index is 0.0917. The lowest BCUT2D eigenvalue weighted by Gasteiger charge is -2.03.